The first kappa shape index (κ1) is 17.1. The van der Waals surface area contributed by atoms with E-state index in [0.29, 0.717) is 5.02 Å². The van der Waals surface area contributed by atoms with Crippen molar-refractivity contribution in [3.8, 4) is 0 Å². The Balaban J connectivity index is 2.23. The molecule has 1 N–H and O–H groups in total. The fraction of sp³-hybridized carbons (Fsp3) is 0.571. The zero-order valence-electron chi connectivity index (χ0n) is 11.4. The third-order valence-electron chi connectivity index (χ3n) is 3.61. The highest BCUT2D eigenvalue weighted by Crippen LogP contribution is 2.36. The third-order valence-corrected chi connectivity index (χ3v) is 4.57. The number of hydrogen-bond donors (Lipinski definition) is 1. The van der Waals surface area contributed by atoms with Gasteiger partial charge in [0.15, 0.2) is 0 Å². The first-order chi connectivity index (χ1) is 9.87. The zero-order valence-corrected chi connectivity index (χ0v) is 13.7. The Morgan fingerprint density at radius 3 is 2.57 bits per heavy atom. The monoisotopic (exact) mass is 384 g/mol. The van der Waals surface area contributed by atoms with E-state index in [2.05, 4.69) is 26.1 Å². The molecule has 0 amide bonds. The summed E-state index contributed by atoms with van der Waals surface area (Å²) >= 11 is 9.45. The van der Waals surface area contributed by atoms with Crippen molar-refractivity contribution in [3.05, 3.63) is 33.3 Å². The standard InChI is InChI=1S/C14H17BrClF3N2/c15-12-2-1-10(16)9-11(12)13(3-4-14(17,18)19)21-7-5-20-6-8-21/h1-2,9,13,20H,3-8H2/t13-/m0/s1. The van der Waals surface area contributed by atoms with Gasteiger partial charge in [-0.3, -0.25) is 4.90 Å². The van der Waals surface area contributed by atoms with Gasteiger partial charge < -0.3 is 5.32 Å². The Labute approximate surface area is 135 Å². The molecular formula is C14H17BrClF3N2. The summed E-state index contributed by atoms with van der Waals surface area (Å²) < 4.78 is 38.6. The van der Waals surface area contributed by atoms with E-state index in [-0.39, 0.29) is 12.5 Å². The van der Waals surface area contributed by atoms with Gasteiger partial charge in [-0.15, -0.1) is 0 Å². The lowest BCUT2D eigenvalue weighted by Crippen LogP contribution is -2.45. The van der Waals surface area contributed by atoms with Crippen LogP contribution >= 0.6 is 27.5 Å². The summed E-state index contributed by atoms with van der Waals surface area (Å²) in [6, 6.07) is 5.00. The summed E-state index contributed by atoms with van der Waals surface area (Å²) in [6.45, 7) is 3.06. The predicted octanol–water partition coefficient (Wildman–Crippen LogP) is 4.39. The van der Waals surface area contributed by atoms with Crippen LogP contribution < -0.4 is 5.32 Å². The summed E-state index contributed by atoms with van der Waals surface area (Å²) in [5.41, 5.74) is 0.827. The SMILES string of the molecule is FC(F)(F)CC[C@@H](c1cc(Cl)ccc1Br)N1CCNCC1. The van der Waals surface area contributed by atoms with Crippen LogP contribution in [-0.2, 0) is 0 Å². The van der Waals surface area contributed by atoms with E-state index < -0.39 is 12.6 Å². The lowest BCUT2D eigenvalue weighted by atomic mass is 9.99. The van der Waals surface area contributed by atoms with Crippen LogP contribution in [0.25, 0.3) is 0 Å². The summed E-state index contributed by atoms with van der Waals surface area (Å²) in [4.78, 5) is 2.10. The predicted molar refractivity (Wildman–Crippen MR) is 81.6 cm³/mol. The minimum absolute atomic E-state index is 0.0441. The van der Waals surface area contributed by atoms with Crippen LogP contribution in [0.2, 0.25) is 5.02 Å². The largest absolute Gasteiger partial charge is 0.389 e. The maximum atomic E-state index is 12.6. The molecule has 0 saturated carbocycles. The highest BCUT2D eigenvalue weighted by atomic mass is 79.9. The van der Waals surface area contributed by atoms with E-state index in [0.717, 1.165) is 36.2 Å². The van der Waals surface area contributed by atoms with Crippen LogP contribution in [0.1, 0.15) is 24.4 Å². The van der Waals surface area contributed by atoms with E-state index in [1.54, 1.807) is 18.2 Å². The van der Waals surface area contributed by atoms with Gasteiger partial charge in [-0.05, 0) is 30.2 Å². The minimum atomic E-state index is -4.14. The number of hydrogen-bond acceptors (Lipinski definition) is 2. The van der Waals surface area contributed by atoms with Crippen LogP contribution in [0, 0.1) is 0 Å². The fourth-order valence-corrected chi connectivity index (χ4v) is 3.29. The summed E-state index contributed by atoms with van der Waals surface area (Å²) in [7, 11) is 0. The molecule has 1 saturated heterocycles. The van der Waals surface area contributed by atoms with Crippen molar-refractivity contribution in [2.24, 2.45) is 0 Å². The lowest BCUT2D eigenvalue weighted by molar-refractivity contribution is -0.138. The minimum Gasteiger partial charge on any atom is -0.314 e. The van der Waals surface area contributed by atoms with Crippen molar-refractivity contribution >= 4 is 27.5 Å². The van der Waals surface area contributed by atoms with Crippen LogP contribution in [0.4, 0.5) is 13.2 Å². The zero-order chi connectivity index (χ0) is 15.5. The van der Waals surface area contributed by atoms with Gasteiger partial charge in [0.2, 0.25) is 0 Å². The van der Waals surface area contributed by atoms with Gasteiger partial charge in [-0.25, -0.2) is 0 Å². The number of piperazine rings is 1. The molecule has 0 radical (unpaired) electrons. The molecule has 1 aromatic rings. The van der Waals surface area contributed by atoms with Crippen LogP contribution in [0.15, 0.2) is 22.7 Å². The highest BCUT2D eigenvalue weighted by molar-refractivity contribution is 9.10. The third kappa shape index (κ3) is 5.13. The molecule has 0 aliphatic carbocycles. The molecule has 1 atom stereocenters. The number of halogens is 5. The topological polar surface area (TPSA) is 15.3 Å². The van der Waals surface area contributed by atoms with Gasteiger partial charge in [0.1, 0.15) is 0 Å². The summed E-state index contributed by atoms with van der Waals surface area (Å²) in [5.74, 6) is 0. The first-order valence-corrected chi connectivity index (χ1v) is 8.00. The molecular weight excluding hydrogens is 369 g/mol. The van der Waals surface area contributed by atoms with E-state index in [9.17, 15) is 13.2 Å². The quantitative estimate of drug-likeness (QED) is 0.827. The first-order valence-electron chi connectivity index (χ1n) is 6.83. The summed E-state index contributed by atoms with van der Waals surface area (Å²) in [5, 5.41) is 3.76. The molecule has 1 heterocycles. The molecule has 0 spiro atoms. The second-order valence-electron chi connectivity index (χ2n) is 5.12. The van der Waals surface area contributed by atoms with Gasteiger partial charge in [-0.2, -0.15) is 13.2 Å². The smallest absolute Gasteiger partial charge is 0.314 e. The molecule has 2 rings (SSSR count). The second-order valence-corrected chi connectivity index (χ2v) is 6.41. The average molecular weight is 386 g/mol. The Kier molecular flexibility index (Phi) is 5.94. The average Bonchev–Trinajstić information content (AvgIpc) is 2.43. The molecule has 0 bridgehead atoms. The molecule has 1 aliphatic rings. The van der Waals surface area contributed by atoms with Gasteiger partial charge in [-0.1, -0.05) is 27.5 Å². The number of alkyl halides is 3. The Hall–Kier alpha value is -0.300. The second kappa shape index (κ2) is 7.31. The number of nitrogens with zero attached hydrogens (tertiary/aromatic N) is 1. The van der Waals surface area contributed by atoms with Gasteiger partial charge in [0.25, 0.3) is 0 Å². The van der Waals surface area contributed by atoms with E-state index >= 15 is 0 Å². The molecule has 2 nitrogen and oxygen atoms in total. The Morgan fingerprint density at radius 2 is 1.95 bits per heavy atom. The lowest BCUT2D eigenvalue weighted by Gasteiger charge is -2.36. The normalized spacial score (nSPS) is 18.7. The molecule has 7 heteroatoms. The van der Waals surface area contributed by atoms with Crippen molar-refractivity contribution in [2.45, 2.75) is 25.1 Å². The van der Waals surface area contributed by atoms with Crippen molar-refractivity contribution in [3.63, 3.8) is 0 Å². The fourth-order valence-electron chi connectivity index (χ4n) is 2.60. The van der Waals surface area contributed by atoms with Crippen LogP contribution in [0.3, 0.4) is 0 Å². The van der Waals surface area contributed by atoms with Gasteiger partial charge in [0, 0.05) is 48.1 Å². The van der Waals surface area contributed by atoms with Crippen molar-refractivity contribution in [1.82, 2.24) is 10.2 Å². The Bertz CT molecular complexity index is 476. The van der Waals surface area contributed by atoms with Gasteiger partial charge in [0.05, 0.1) is 0 Å². The molecule has 118 valence electrons. The van der Waals surface area contributed by atoms with E-state index in [1.165, 1.54) is 0 Å². The molecule has 21 heavy (non-hydrogen) atoms. The maximum Gasteiger partial charge on any atom is 0.389 e. The van der Waals surface area contributed by atoms with Crippen LogP contribution in [-0.4, -0.2) is 37.3 Å². The number of benzene rings is 1. The van der Waals surface area contributed by atoms with Gasteiger partial charge >= 0.3 is 6.18 Å². The van der Waals surface area contributed by atoms with E-state index in [1.807, 2.05) is 0 Å². The van der Waals surface area contributed by atoms with E-state index in [4.69, 9.17) is 11.6 Å². The summed E-state index contributed by atoms with van der Waals surface area (Å²) in [6.07, 6.45) is -4.89. The molecule has 0 aromatic heterocycles. The molecule has 1 aliphatic heterocycles. The number of rotatable bonds is 4. The van der Waals surface area contributed by atoms with Crippen molar-refractivity contribution in [2.75, 3.05) is 26.2 Å². The van der Waals surface area contributed by atoms with Crippen molar-refractivity contribution < 1.29 is 13.2 Å². The molecule has 1 fully saturated rings. The molecule has 1 aromatic carbocycles. The highest BCUT2D eigenvalue weighted by Gasteiger charge is 2.32. The number of nitrogens with one attached hydrogen (secondary N) is 1. The Morgan fingerprint density at radius 1 is 1.29 bits per heavy atom. The van der Waals surface area contributed by atoms with Crippen LogP contribution in [0.5, 0.6) is 0 Å². The van der Waals surface area contributed by atoms with Crippen molar-refractivity contribution in [1.29, 1.82) is 0 Å². The molecule has 0 unspecified atom stereocenters. The maximum absolute atomic E-state index is 12.6.